The summed E-state index contributed by atoms with van der Waals surface area (Å²) >= 11 is 0. The first-order chi connectivity index (χ1) is 4.68. The van der Waals surface area contributed by atoms with Gasteiger partial charge in [-0.1, -0.05) is 6.92 Å². The van der Waals surface area contributed by atoms with E-state index in [-0.39, 0.29) is 0 Å². The lowest BCUT2D eigenvalue weighted by Crippen LogP contribution is -1.95. The van der Waals surface area contributed by atoms with Gasteiger partial charge in [-0.25, -0.2) is 0 Å². The van der Waals surface area contributed by atoms with Crippen molar-refractivity contribution in [3.8, 4) is 0 Å². The van der Waals surface area contributed by atoms with Crippen LogP contribution in [0.2, 0.25) is 0 Å². The van der Waals surface area contributed by atoms with E-state index >= 15 is 0 Å². The van der Waals surface area contributed by atoms with Crippen LogP contribution >= 0.6 is 7.60 Å². The Hall–Kier alpha value is 0.150. The van der Waals surface area contributed by atoms with Crippen LogP contribution in [0.25, 0.3) is 0 Å². The molecule has 0 aliphatic heterocycles. The molecule has 0 aromatic carbocycles. The van der Waals surface area contributed by atoms with Crippen molar-refractivity contribution in [2.24, 2.45) is 0 Å². The molecule has 0 aliphatic carbocycles. The van der Waals surface area contributed by atoms with Crippen LogP contribution in [-0.2, 0) is 13.6 Å². The second-order valence-electron chi connectivity index (χ2n) is 1.93. The van der Waals surface area contributed by atoms with Crippen molar-refractivity contribution < 1.29 is 13.6 Å². The zero-order valence-corrected chi connectivity index (χ0v) is 7.69. The molecule has 10 heavy (non-hydrogen) atoms. The molecule has 0 bridgehead atoms. The summed E-state index contributed by atoms with van der Waals surface area (Å²) in [5, 5.41) is 0. The highest BCUT2D eigenvalue weighted by atomic mass is 31.2. The van der Waals surface area contributed by atoms with Gasteiger partial charge in [0.25, 0.3) is 0 Å². The Morgan fingerprint density at radius 2 is 2.00 bits per heavy atom. The standard InChI is InChI=1S/C6H15O3P/c1-4-6-10(7,8-3)9-5-2/h4-6H2,1-3H3. The molecule has 0 heterocycles. The summed E-state index contributed by atoms with van der Waals surface area (Å²) in [7, 11) is -1.28. The van der Waals surface area contributed by atoms with Crippen LogP contribution in [-0.4, -0.2) is 19.9 Å². The van der Waals surface area contributed by atoms with E-state index < -0.39 is 7.60 Å². The van der Waals surface area contributed by atoms with E-state index in [4.69, 9.17) is 9.05 Å². The van der Waals surface area contributed by atoms with E-state index in [1.54, 1.807) is 6.92 Å². The van der Waals surface area contributed by atoms with Gasteiger partial charge in [0, 0.05) is 13.3 Å². The highest BCUT2D eigenvalue weighted by molar-refractivity contribution is 7.53. The summed E-state index contributed by atoms with van der Waals surface area (Å²) in [4.78, 5) is 0. The Kier molecular flexibility index (Phi) is 4.96. The average molecular weight is 166 g/mol. The zero-order chi connectivity index (χ0) is 8.04. The fourth-order valence-electron chi connectivity index (χ4n) is 0.679. The quantitative estimate of drug-likeness (QED) is 0.587. The Morgan fingerprint density at radius 3 is 2.30 bits per heavy atom. The third-order valence-corrected chi connectivity index (χ3v) is 3.30. The van der Waals surface area contributed by atoms with Crippen molar-refractivity contribution in [3.05, 3.63) is 0 Å². The van der Waals surface area contributed by atoms with Gasteiger partial charge < -0.3 is 9.05 Å². The van der Waals surface area contributed by atoms with Crippen molar-refractivity contribution in [1.29, 1.82) is 0 Å². The van der Waals surface area contributed by atoms with Gasteiger partial charge in [0.2, 0.25) is 0 Å². The van der Waals surface area contributed by atoms with Gasteiger partial charge in [-0.3, -0.25) is 4.57 Å². The molecule has 62 valence electrons. The Balaban J connectivity index is 3.83. The summed E-state index contributed by atoms with van der Waals surface area (Å²) < 4.78 is 21.0. The van der Waals surface area contributed by atoms with E-state index in [2.05, 4.69) is 0 Å². The molecule has 0 N–H and O–H groups in total. The van der Waals surface area contributed by atoms with E-state index in [9.17, 15) is 4.57 Å². The van der Waals surface area contributed by atoms with Crippen molar-refractivity contribution in [3.63, 3.8) is 0 Å². The molecule has 0 fully saturated rings. The van der Waals surface area contributed by atoms with Gasteiger partial charge >= 0.3 is 7.60 Å². The molecule has 0 saturated heterocycles. The molecule has 4 heteroatoms. The van der Waals surface area contributed by atoms with E-state index in [1.807, 2.05) is 6.92 Å². The molecule has 0 aliphatic rings. The Bertz CT molecular complexity index is 114. The summed E-state index contributed by atoms with van der Waals surface area (Å²) in [5.41, 5.74) is 0. The lowest BCUT2D eigenvalue weighted by Gasteiger charge is -2.13. The lowest BCUT2D eigenvalue weighted by atomic mass is 10.6. The van der Waals surface area contributed by atoms with E-state index in [0.717, 1.165) is 6.42 Å². The second-order valence-corrected chi connectivity index (χ2v) is 4.23. The molecule has 0 amide bonds. The maximum Gasteiger partial charge on any atom is 0.330 e. The van der Waals surface area contributed by atoms with Crippen molar-refractivity contribution in [1.82, 2.24) is 0 Å². The first-order valence-corrected chi connectivity index (χ1v) is 5.20. The molecule has 0 aromatic heterocycles. The van der Waals surface area contributed by atoms with Crippen LogP contribution in [0.15, 0.2) is 0 Å². The summed E-state index contributed by atoms with van der Waals surface area (Å²) in [6, 6.07) is 0. The molecule has 0 rings (SSSR count). The molecule has 1 unspecified atom stereocenters. The van der Waals surface area contributed by atoms with Crippen LogP contribution in [0.3, 0.4) is 0 Å². The maximum atomic E-state index is 11.3. The number of rotatable bonds is 5. The highest BCUT2D eigenvalue weighted by Crippen LogP contribution is 2.47. The minimum absolute atomic E-state index is 0.450. The van der Waals surface area contributed by atoms with Gasteiger partial charge in [-0.05, 0) is 13.3 Å². The van der Waals surface area contributed by atoms with Crippen molar-refractivity contribution in [2.75, 3.05) is 19.9 Å². The molecule has 0 saturated carbocycles. The van der Waals surface area contributed by atoms with Crippen molar-refractivity contribution >= 4 is 7.60 Å². The van der Waals surface area contributed by atoms with E-state index in [0.29, 0.717) is 12.8 Å². The second kappa shape index (κ2) is 4.89. The zero-order valence-electron chi connectivity index (χ0n) is 6.79. The molecule has 0 aromatic rings. The maximum absolute atomic E-state index is 11.3. The first-order valence-electron chi connectivity index (χ1n) is 3.48. The van der Waals surface area contributed by atoms with Crippen LogP contribution in [0, 0.1) is 0 Å². The third-order valence-electron chi connectivity index (χ3n) is 1.10. The van der Waals surface area contributed by atoms with Crippen LogP contribution in [0.4, 0.5) is 0 Å². The number of hydrogen-bond donors (Lipinski definition) is 0. The predicted molar refractivity (Wildman–Crippen MR) is 41.4 cm³/mol. The molecular formula is C6H15O3P. The largest absolute Gasteiger partial charge is 0.330 e. The third kappa shape index (κ3) is 3.35. The van der Waals surface area contributed by atoms with Gasteiger partial charge in [0.15, 0.2) is 0 Å². The van der Waals surface area contributed by atoms with Crippen LogP contribution in [0.5, 0.6) is 0 Å². The lowest BCUT2D eigenvalue weighted by molar-refractivity contribution is 0.244. The van der Waals surface area contributed by atoms with Crippen LogP contribution in [0.1, 0.15) is 20.3 Å². The summed E-state index contributed by atoms with van der Waals surface area (Å²) in [6.45, 7) is 4.21. The Morgan fingerprint density at radius 1 is 1.40 bits per heavy atom. The van der Waals surface area contributed by atoms with Gasteiger partial charge in [0.1, 0.15) is 0 Å². The summed E-state index contributed by atoms with van der Waals surface area (Å²) in [6.07, 6.45) is 1.34. The molecule has 1 atom stereocenters. The Labute approximate surface area is 62.3 Å². The van der Waals surface area contributed by atoms with Gasteiger partial charge in [-0.15, -0.1) is 0 Å². The highest BCUT2D eigenvalue weighted by Gasteiger charge is 2.19. The smallest absolute Gasteiger partial charge is 0.312 e. The van der Waals surface area contributed by atoms with Crippen LogP contribution < -0.4 is 0 Å². The fraction of sp³-hybridized carbons (Fsp3) is 1.00. The molecular weight excluding hydrogens is 151 g/mol. The van der Waals surface area contributed by atoms with E-state index in [1.165, 1.54) is 7.11 Å². The van der Waals surface area contributed by atoms with Crippen molar-refractivity contribution in [2.45, 2.75) is 20.3 Å². The predicted octanol–water partition coefficient (Wildman–Crippen LogP) is 2.27. The molecule has 0 spiro atoms. The average Bonchev–Trinajstić information content (AvgIpc) is 1.89. The minimum Gasteiger partial charge on any atom is -0.312 e. The summed E-state index contributed by atoms with van der Waals surface area (Å²) in [5.74, 6) is 0. The minimum atomic E-state index is -2.70. The molecule has 0 radical (unpaired) electrons. The first kappa shape index (κ1) is 10.2. The molecule has 3 nitrogen and oxygen atoms in total. The topological polar surface area (TPSA) is 35.5 Å². The fourth-order valence-corrected chi connectivity index (χ4v) is 2.04. The SMILES string of the molecule is CCCP(=O)(OC)OCC. The van der Waals surface area contributed by atoms with Gasteiger partial charge in [-0.2, -0.15) is 0 Å². The van der Waals surface area contributed by atoms with Gasteiger partial charge in [0.05, 0.1) is 6.61 Å². The number of hydrogen-bond acceptors (Lipinski definition) is 3. The monoisotopic (exact) mass is 166 g/mol. The normalized spacial score (nSPS) is 16.7.